The first-order valence-electron chi connectivity index (χ1n) is 7.46. The van der Waals surface area contributed by atoms with E-state index in [4.69, 9.17) is 4.74 Å². The first kappa shape index (κ1) is 18.1. The predicted molar refractivity (Wildman–Crippen MR) is 86.2 cm³/mol. The van der Waals surface area contributed by atoms with E-state index in [1.807, 2.05) is 20.8 Å². The average Bonchev–Trinajstić information content (AvgIpc) is 2.32. The molecule has 0 fully saturated rings. The van der Waals surface area contributed by atoms with Crippen molar-refractivity contribution in [3.05, 3.63) is 16.4 Å². The molecule has 1 heterocycles. The van der Waals surface area contributed by atoms with Gasteiger partial charge in [0, 0.05) is 5.54 Å². The fraction of sp³-hybridized carbons (Fsp3) is 0.733. The highest BCUT2D eigenvalue weighted by molar-refractivity contribution is 5.62. The molecule has 0 aliphatic rings. The SMILES string of the molecule is CCCOc1ncnc(NC(C)(C)CC(C)(C)C)c1[N+](=O)[O-]. The van der Waals surface area contributed by atoms with Gasteiger partial charge in [-0.1, -0.05) is 27.7 Å². The summed E-state index contributed by atoms with van der Waals surface area (Å²) in [6, 6.07) is 0. The number of nitrogens with one attached hydrogen (secondary N) is 1. The van der Waals surface area contributed by atoms with Crippen molar-refractivity contribution >= 4 is 11.5 Å². The maximum absolute atomic E-state index is 11.4. The number of anilines is 1. The number of hydrogen-bond acceptors (Lipinski definition) is 6. The third kappa shape index (κ3) is 5.46. The average molecular weight is 310 g/mol. The molecule has 1 aromatic heterocycles. The topological polar surface area (TPSA) is 90.2 Å². The van der Waals surface area contributed by atoms with Crippen LogP contribution in [-0.4, -0.2) is 27.0 Å². The Morgan fingerprint density at radius 2 is 1.91 bits per heavy atom. The van der Waals surface area contributed by atoms with Gasteiger partial charge in [-0.05, 0) is 32.1 Å². The molecule has 7 heteroatoms. The first-order valence-corrected chi connectivity index (χ1v) is 7.46. The summed E-state index contributed by atoms with van der Waals surface area (Å²) in [4.78, 5) is 18.8. The normalized spacial score (nSPS) is 12.1. The quantitative estimate of drug-likeness (QED) is 0.608. The van der Waals surface area contributed by atoms with Gasteiger partial charge in [-0.25, -0.2) is 4.98 Å². The van der Waals surface area contributed by atoms with Crippen molar-refractivity contribution < 1.29 is 9.66 Å². The molecule has 0 aliphatic carbocycles. The van der Waals surface area contributed by atoms with Gasteiger partial charge in [0.05, 0.1) is 11.5 Å². The summed E-state index contributed by atoms with van der Waals surface area (Å²) in [7, 11) is 0. The van der Waals surface area contributed by atoms with Crippen LogP contribution in [0.5, 0.6) is 5.88 Å². The van der Waals surface area contributed by atoms with Crippen molar-refractivity contribution in [2.75, 3.05) is 11.9 Å². The number of nitro groups is 1. The zero-order chi connectivity index (χ0) is 17.0. The van der Waals surface area contributed by atoms with E-state index in [0.29, 0.717) is 6.61 Å². The molecule has 22 heavy (non-hydrogen) atoms. The van der Waals surface area contributed by atoms with E-state index in [0.717, 1.165) is 12.8 Å². The van der Waals surface area contributed by atoms with Crippen LogP contribution in [0.15, 0.2) is 6.33 Å². The van der Waals surface area contributed by atoms with Crippen LogP contribution < -0.4 is 10.1 Å². The van der Waals surface area contributed by atoms with Crippen molar-refractivity contribution in [3.8, 4) is 5.88 Å². The molecule has 0 bridgehead atoms. The van der Waals surface area contributed by atoms with Crippen LogP contribution in [0.3, 0.4) is 0 Å². The van der Waals surface area contributed by atoms with Gasteiger partial charge < -0.3 is 10.1 Å². The molecular weight excluding hydrogens is 284 g/mol. The fourth-order valence-corrected chi connectivity index (χ4v) is 2.61. The Morgan fingerprint density at radius 1 is 1.27 bits per heavy atom. The molecule has 0 saturated heterocycles. The molecular formula is C15H26N4O3. The van der Waals surface area contributed by atoms with Gasteiger partial charge in [0.15, 0.2) is 0 Å². The summed E-state index contributed by atoms with van der Waals surface area (Å²) in [5, 5.41) is 14.6. The van der Waals surface area contributed by atoms with Crippen LogP contribution in [0.4, 0.5) is 11.5 Å². The summed E-state index contributed by atoms with van der Waals surface area (Å²) in [5.41, 5.74) is -0.475. The van der Waals surface area contributed by atoms with Crippen LogP contribution >= 0.6 is 0 Å². The molecule has 0 atom stereocenters. The largest absolute Gasteiger partial charge is 0.473 e. The second-order valence-electron chi connectivity index (χ2n) is 7.23. The molecule has 124 valence electrons. The second kappa shape index (κ2) is 6.89. The van der Waals surface area contributed by atoms with E-state index in [-0.39, 0.29) is 28.3 Å². The van der Waals surface area contributed by atoms with Crippen molar-refractivity contribution in [2.45, 2.75) is 59.9 Å². The number of nitrogens with zero attached hydrogens (tertiary/aromatic N) is 3. The number of rotatable bonds is 7. The third-order valence-electron chi connectivity index (χ3n) is 2.84. The number of ether oxygens (including phenoxy) is 1. The first-order chi connectivity index (χ1) is 10.1. The summed E-state index contributed by atoms with van der Waals surface area (Å²) in [6.07, 6.45) is 2.86. The summed E-state index contributed by atoms with van der Waals surface area (Å²) >= 11 is 0. The molecule has 1 N–H and O–H groups in total. The van der Waals surface area contributed by atoms with Crippen molar-refractivity contribution in [1.29, 1.82) is 0 Å². The molecule has 1 aromatic rings. The van der Waals surface area contributed by atoms with E-state index in [1.54, 1.807) is 0 Å². The monoisotopic (exact) mass is 310 g/mol. The molecule has 0 aromatic carbocycles. The van der Waals surface area contributed by atoms with Gasteiger partial charge >= 0.3 is 5.69 Å². The Bertz CT molecular complexity index is 524. The Morgan fingerprint density at radius 3 is 2.41 bits per heavy atom. The van der Waals surface area contributed by atoms with Gasteiger partial charge in [0.2, 0.25) is 5.82 Å². The van der Waals surface area contributed by atoms with Crippen LogP contribution in [0, 0.1) is 15.5 Å². The minimum absolute atomic E-state index is 0.0101. The van der Waals surface area contributed by atoms with Crippen LogP contribution in [0.1, 0.15) is 54.4 Å². The number of hydrogen-bond donors (Lipinski definition) is 1. The molecule has 0 unspecified atom stereocenters. The summed E-state index contributed by atoms with van der Waals surface area (Å²) < 4.78 is 5.37. The van der Waals surface area contributed by atoms with E-state index in [2.05, 4.69) is 36.1 Å². The lowest BCUT2D eigenvalue weighted by Gasteiger charge is -2.33. The zero-order valence-electron chi connectivity index (χ0n) is 14.3. The predicted octanol–water partition coefficient (Wildman–Crippen LogP) is 3.80. The third-order valence-corrected chi connectivity index (χ3v) is 2.84. The second-order valence-corrected chi connectivity index (χ2v) is 7.23. The molecule has 0 aliphatic heterocycles. The van der Waals surface area contributed by atoms with Crippen molar-refractivity contribution in [3.63, 3.8) is 0 Å². The Balaban J connectivity index is 3.11. The standard InChI is InChI=1S/C15H26N4O3/c1-7-8-22-13-11(19(20)21)12(16-10-17-13)18-15(5,6)9-14(2,3)4/h10H,7-9H2,1-6H3,(H,16,17,18). The smallest absolute Gasteiger partial charge is 0.372 e. The number of aromatic nitrogens is 2. The Kier molecular flexibility index (Phi) is 5.68. The van der Waals surface area contributed by atoms with E-state index < -0.39 is 4.92 Å². The highest BCUT2D eigenvalue weighted by atomic mass is 16.6. The van der Waals surface area contributed by atoms with Crippen molar-refractivity contribution in [1.82, 2.24) is 9.97 Å². The van der Waals surface area contributed by atoms with Gasteiger partial charge in [-0.3, -0.25) is 10.1 Å². The molecule has 0 radical (unpaired) electrons. The van der Waals surface area contributed by atoms with E-state index in [1.165, 1.54) is 6.33 Å². The molecule has 0 amide bonds. The van der Waals surface area contributed by atoms with Gasteiger partial charge in [-0.2, -0.15) is 4.98 Å². The Hall–Kier alpha value is -1.92. The van der Waals surface area contributed by atoms with Gasteiger partial charge in [0.25, 0.3) is 5.88 Å². The van der Waals surface area contributed by atoms with Crippen molar-refractivity contribution in [2.24, 2.45) is 5.41 Å². The highest BCUT2D eigenvalue weighted by Gasteiger charge is 2.31. The zero-order valence-corrected chi connectivity index (χ0v) is 14.3. The highest BCUT2D eigenvalue weighted by Crippen LogP contribution is 2.35. The van der Waals surface area contributed by atoms with Crippen LogP contribution in [0.2, 0.25) is 0 Å². The fourth-order valence-electron chi connectivity index (χ4n) is 2.61. The van der Waals surface area contributed by atoms with Gasteiger partial charge in [0.1, 0.15) is 6.33 Å². The summed E-state index contributed by atoms with van der Waals surface area (Å²) in [5.74, 6) is 0.205. The maximum Gasteiger partial charge on any atom is 0.372 e. The summed E-state index contributed by atoms with van der Waals surface area (Å²) in [6.45, 7) is 12.7. The lowest BCUT2D eigenvalue weighted by atomic mass is 9.82. The Labute approximate surface area is 131 Å². The lowest BCUT2D eigenvalue weighted by molar-refractivity contribution is -0.385. The maximum atomic E-state index is 11.4. The van der Waals surface area contributed by atoms with Crippen LogP contribution in [-0.2, 0) is 0 Å². The molecule has 0 spiro atoms. The molecule has 1 rings (SSSR count). The van der Waals surface area contributed by atoms with E-state index in [9.17, 15) is 10.1 Å². The minimum atomic E-state index is -0.500. The van der Waals surface area contributed by atoms with Gasteiger partial charge in [-0.15, -0.1) is 0 Å². The van der Waals surface area contributed by atoms with Crippen LogP contribution in [0.25, 0.3) is 0 Å². The molecule has 0 saturated carbocycles. The lowest BCUT2D eigenvalue weighted by Crippen LogP contribution is -2.36. The molecule has 7 nitrogen and oxygen atoms in total. The van der Waals surface area contributed by atoms with E-state index >= 15 is 0 Å². The minimum Gasteiger partial charge on any atom is -0.473 e.